The molecule has 3 aromatic carbocycles. The van der Waals surface area contributed by atoms with Crippen molar-refractivity contribution in [3.63, 3.8) is 0 Å². The summed E-state index contributed by atoms with van der Waals surface area (Å²) in [6.45, 7) is 1.91. The van der Waals surface area contributed by atoms with Gasteiger partial charge in [-0.05, 0) is 93.3 Å². The zero-order chi connectivity index (χ0) is 27.9. The summed E-state index contributed by atoms with van der Waals surface area (Å²) in [7, 11) is 1.50. The van der Waals surface area contributed by atoms with E-state index in [9.17, 15) is 14.4 Å². The number of ether oxygens (including phenoxy) is 2. The van der Waals surface area contributed by atoms with Gasteiger partial charge in [0.1, 0.15) is 13.2 Å². The Labute approximate surface area is 238 Å². The third-order valence-electron chi connectivity index (χ3n) is 5.84. The van der Waals surface area contributed by atoms with Crippen molar-refractivity contribution in [2.24, 2.45) is 0 Å². The van der Waals surface area contributed by atoms with Crippen LogP contribution < -0.4 is 14.8 Å². The Hall–Kier alpha value is -4.07. The fourth-order valence-corrected chi connectivity index (χ4v) is 5.16. The van der Waals surface area contributed by atoms with Crippen LogP contribution in [0.5, 0.6) is 11.5 Å². The topological polar surface area (TPSA) is 109 Å². The van der Waals surface area contributed by atoms with E-state index in [1.54, 1.807) is 42.5 Å². The van der Waals surface area contributed by atoms with E-state index in [0.717, 1.165) is 34.2 Å². The van der Waals surface area contributed by atoms with Crippen LogP contribution in [0, 0.1) is 11.3 Å². The molecule has 0 aliphatic carbocycles. The van der Waals surface area contributed by atoms with Crippen LogP contribution in [-0.2, 0) is 22.6 Å². The lowest BCUT2D eigenvalue weighted by molar-refractivity contribution is -0.127. The molecule has 0 bridgehead atoms. The molecule has 0 spiro atoms. The average Bonchev–Trinajstić information content (AvgIpc) is 3.19. The first-order valence-electron chi connectivity index (χ1n) is 11.9. The molecule has 0 atom stereocenters. The number of nitriles is 1. The van der Waals surface area contributed by atoms with E-state index < -0.39 is 17.1 Å². The van der Waals surface area contributed by atoms with Gasteiger partial charge in [-0.1, -0.05) is 31.2 Å². The average molecular weight is 606 g/mol. The molecular formula is C29H24BrN3O5S. The van der Waals surface area contributed by atoms with Crippen molar-refractivity contribution in [3.05, 3.63) is 92.3 Å². The van der Waals surface area contributed by atoms with E-state index >= 15 is 0 Å². The lowest BCUT2D eigenvalue weighted by Crippen LogP contribution is -2.36. The van der Waals surface area contributed by atoms with Gasteiger partial charge in [-0.15, -0.1) is 0 Å². The van der Waals surface area contributed by atoms with E-state index in [-0.39, 0.29) is 18.1 Å². The molecule has 0 radical (unpaired) electrons. The van der Waals surface area contributed by atoms with Crippen molar-refractivity contribution in [1.82, 2.24) is 4.90 Å². The van der Waals surface area contributed by atoms with Crippen LogP contribution in [0.4, 0.5) is 10.5 Å². The Morgan fingerprint density at radius 1 is 1.10 bits per heavy atom. The first kappa shape index (κ1) is 28.0. The lowest BCUT2D eigenvalue weighted by atomic mass is 10.1. The molecule has 0 aromatic heterocycles. The number of hydrogen-bond acceptors (Lipinski definition) is 7. The minimum absolute atomic E-state index is 0.195. The number of benzene rings is 3. The van der Waals surface area contributed by atoms with Crippen molar-refractivity contribution < 1.29 is 23.9 Å². The molecule has 1 N–H and O–H groups in total. The largest absolute Gasteiger partial charge is 0.493 e. The molecule has 4 rings (SSSR count). The van der Waals surface area contributed by atoms with Crippen molar-refractivity contribution in [2.75, 3.05) is 19.0 Å². The monoisotopic (exact) mass is 605 g/mol. The zero-order valence-corrected chi connectivity index (χ0v) is 23.6. The number of amides is 3. The van der Waals surface area contributed by atoms with Crippen LogP contribution in [-0.4, -0.2) is 35.6 Å². The molecule has 1 aliphatic rings. The minimum atomic E-state index is -0.544. The molecule has 1 fully saturated rings. The molecule has 0 unspecified atom stereocenters. The number of nitrogens with zero attached hydrogens (tertiary/aromatic N) is 2. The molecule has 0 saturated carbocycles. The zero-order valence-electron chi connectivity index (χ0n) is 21.2. The van der Waals surface area contributed by atoms with Crippen molar-refractivity contribution >= 4 is 56.5 Å². The summed E-state index contributed by atoms with van der Waals surface area (Å²) in [6.07, 6.45) is 2.46. The maximum atomic E-state index is 13.0. The van der Waals surface area contributed by atoms with E-state index in [2.05, 4.69) is 27.3 Å². The number of aryl methyl sites for hydroxylation is 1. The van der Waals surface area contributed by atoms with Gasteiger partial charge in [0.25, 0.3) is 11.1 Å². The predicted molar refractivity (Wildman–Crippen MR) is 153 cm³/mol. The Morgan fingerprint density at radius 2 is 1.79 bits per heavy atom. The SMILES string of the molecule is CCc1ccc(NC(=O)CN2C(=O)S/C(=C/c3cc(Br)c(OCc4ccc(C#N)cc4)c(OC)c3)C2=O)cc1. The highest BCUT2D eigenvalue weighted by Crippen LogP contribution is 2.39. The normalized spacial score (nSPS) is 13.9. The molecule has 10 heteroatoms. The predicted octanol–water partition coefficient (Wildman–Crippen LogP) is 6.15. The van der Waals surface area contributed by atoms with Gasteiger partial charge in [0.15, 0.2) is 11.5 Å². The second-order valence-electron chi connectivity index (χ2n) is 8.50. The lowest BCUT2D eigenvalue weighted by Gasteiger charge is -2.14. The van der Waals surface area contributed by atoms with Gasteiger partial charge in [0.05, 0.1) is 28.1 Å². The smallest absolute Gasteiger partial charge is 0.294 e. The Kier molecular flexibility index (Phi) is 9.07. The first-order chi connectivity index (χ1) is 18.8. The maximum absolute atomic E-state index is 13.0. The van der Waals surface area contributed by atoms with Gasteiger partial charge >= 0.3 is 0 Å². The highest BCUT2D eigenvalue weighted by Gasteiger charge is 2.36. The molecule has 39 heavy (non-hydrogen) atoms. The van der Waals surface area contributed by atoms with E-state index in [1.807, 2.05) is 31.2 Å². The van der Waals surface area contributed by atoms with Crippen LogP contribution >= 0.6 is 27.7 Å². The number of methoxy groups -OCH3 is 1. The number of rotatable bonds is 9. The van der Waals surface area contributed by atoms with Crippen LogP contribution in [0.3, 0.4) is 0 Å². The van der Waals surface area contributed by atoms with Gasteiger partial charge in [-0.2, -0.15) is 5.26 Å². The van der Waals surface area contributed by atoms with Gasteiger partial charge in [0, 0.05) is 5.69 Å². The third kappa shape index (κ3) is 6.88. The molecule has 1 aliphatic heterocycles. The molecule has 3 aromatic rings. The van der Waals surface area contributed by atoms with Gasteiger partial charge in [-0.25, -0.2) is 0 Å². The first-order valence-corrected chi connectivity index (χ1v) is 13.6. The summed E-state index contributed by atoms with van der Waals surface area (Å²) < 4.78 is 12.0. The van der Waals surface area contributed by atoms with Crippen LogP contribution in [0.15, 0.2) is 70.0 Å². The maximum Gasteiger partial charge on any atom is 0.294 e. The van der Waals surface area contributed by atoms with Gasteiger partial charge in [-0.3, -0.25) is 19.3 Å². The number of anilines is 1. The molecule has 8 nitrogen and oxygen atoms in total. The number of nitrogens with one attached hydrogen (secondary N) is 1. The second kappa shape index (κ2) is 12.7. The fourth-order valence-electron chi connectivity index (χ4n) is 3.75. The number of carbonyl (C=O) groups excluding carboxylic acids is 3. The quantitative estimate of drug-likeness (QED) is 0.291. The third-order valence-corrected chi connectivity index (χ3v) is 7.33. The van der Waals surface area contributed by atoms with Crippen LogP contribution in [0.1, 0.15) is 29.2 Å². The Bertz CT molecular complexity index is 1480. The van der Waals surface area contributed by atoms with Crippen molar-refractivity contribution in [3.8, 4) is 17.6 Å². The number of carbonyl (C=O) groups is 3. The van der Waals surface area contributed by atoms with E-state index in [1.165, 1.54) is 7.11 Å². The van der Waals surface area contributed by atoms with Crippen molar-refractivity contribution in [1.29, 1.82) is 5.26 Å². The summed E-state index contributed by atoms with van der Waals surface area (Å²) in [4.78, 5) is 39.1. The molecule has 1 saturated heterocycles. The molecule has 1 heterocycles. The summed E-state index contributed by atoms with van der Waals surface area (Å²) in [6, 6.07) is 20.0. The highest BCUT2D eigenvalue weighted by atomic mass is 79.9. The van der Waals surface area contributed by atoms with E-state index in [0.29, 0.717) is 32.8 Å². The van der Waals surface area contributed by atoms with Crippen molar-refractivity contribution in [2.45, 2.75) is 20.0 Å². The fraction of sp³-hybridized carbons (Fsp3) is 0.172. The number of hydrogen-bond donors (Lipinski definition) is 1. The van der Waals surface area contributed by atoms with E-state index in [4.69, 9.17) is 14.7 Å². The Balaban J connectivity index is 1.44. The summed E-state index contributed by atoms with van der Waals surface area (Å²) in [5, 5.41) is 11.2. The molecular weight excluding hydrogens is 582 g/mol. The number of thioether (sulfide) groups is 1. The van der Waals surface area contributed by atoms with Gasteiger partial charge in [0.2, 0.25) is 5.91 Å². The number of imide groups is 1. The summed E-state index contributed by atoms with van der Waals surface area (Å²) >= 11 is 4.27. The van der Waals surface area contributed by atoms with Crippen LogP contribution in [0.25, 0.3) is 6.08 Å². The highest BCUT2D eigenvalue weighted by molar-refractivity contribution is 9.10. The number of halogens is 1. The second-order valence-corrected chi connectivity index (χ2v) is 10.3. The Morgan fingerprint density at radius 3 is 2.44 bits per heavy atom. The molecule has 198 valence electrons. The summed E-state index contributed by atoms with van der Waals surface area (Å²) in [5.74, 6) is -0.110. The van der Waals surface area contributed by atoms with Crippen LogP contribution in [0.2, 0.25) is 0 Å². The molecule has 3 amide bonds. The minimum Gasteiger partial charge on any atom is -0.493 e. The van der Waals surface area contributed by atoms with Gasteiger partial charge < -0.3 is 14.8 Å². The standard InChI is InChI=1S/C29H24BrN3O5S/c1-3-18-8-10-22(11-9-18)32-26(34)16-33-28(35)25(39-29(33)36)14-21-12-23(30)27(24(13-21)37-2)38-17-20-6-4-19(15-31)5-7-20/h4-14H,3,16-17H2,1-2H3,(H,32,34)/b25-14+. The summed E-state index contributed by atoms with van der Waals surface area (Å²) in [5.41, 5.74) is 3.78.